The van der Waals surface area contributed by atoms with Crippen molar-refractivity contribution >= 4 is 5.57 Å². The lowest BCUT2D eigenvalue weighted by molar-refractivity contribution is 0.590. The fourth-order valence-corrected chi connectivity index (χ4v) is 1.65. The molecule has 0 saturated heterocycles. The van der Waals surface area contributed by atoms with Gasteiger partial charge >= 0.3 is 0 Å². The normalized spacial score (nSPS) is 12.3. The van der Waals surface area contributed by atoms with Gasteiger partial charge in [-0.2, -0.15) is 5.26 Å². The number of allylic oxidation sites excluding steroid dienone is 2. The molecule has 1 aromatic carbocycles. The number of nitrogens with zero attached hydrogens (tertiary/aromatic N) is 1. The Morgan fingerprint density at radius 1 is 1.25 bits per heavy atom. The standard InChI is InChI=1S/C15H19N/c1-5-12(10-11-16)13-6-8-14(9-7-13)15(2,3)4/h6-10H,5H2,1-4H3/b12-10-. The second kappa shape index (κ2) is 4.99. The number of hydrogen-bond donors (Lipinski definition) is 0. The minimum absolute atomic E-state index is 0.184. The van der Waals surface area contributed by atoms with E-state index in [1.807, 2.05) is 0 Å². The summed E-state index contributed by atoms with van der Waals surface area (Å²) in [5.74, 6) is 0. The summed E-state index contributed by atoms with van der Waals surface area (Å²) in [6.07, 6.45) is 2.52. The monoisotopic (exact) mass is 213 g/mol. The molecule has 0 aromatic heterocycles. The predicted molar refractivity (Wildman–Crippen MR) is 69.0 cm³/mol. The van der Waals surface area contributed by atoms with Crippen LogP contribution in [0.1, 0.15) is 45.2 Å². The maximum atomic E-state index is 8.69. The molecule has 0 unspecified atom stereocenters. The average molecular weight is 213 g/mol. The molecule has 0 fully saturated rings. The molecular weight excluding hydrogens is 194 g/mol. The maximum Gasteiger partial charge on any atom is 0.0915 e. The van der Waals surface area contributed by atoms with Gasteiger partial charge in [0.15, 0.2) is 0 Å². The summed E-state index contributed by atoms with van der Waals surface area (Å²) < 4.78 is 0. The van der Waals surface area contributed by atoms with Crippen LogP contribution < -0.4 is 0 Å². The Hall–Kier alpha value is -1.55. The van der Waals surface area contributed by atoms with Crippen molar-refractivity contribution in [3.63, 3.8) is 0 Å². The molecule has 0 radical (unpaired) electrons. The largest absolute Gasteiger partial charge is 0.193 e. The zero-order valence-corrected chi connectivity index (χ0v) is 10.5. The third-order valence-corrected chi connectivity index (χ3v) is 2.74. The second-order valence-corrected chi connectivity index (χ2v) is 4.98. The maximum absolute atomic E-state index is 8.69. The van der Waals surface area contributed by atoms with Crippen molar-refractivity contribution in [2.45, 2.75) is 39.5 Å². The van der Waals surface area contributed by atoms with Crippen LogP contribution in [-0.2, 0) is 5.41 Å². The van der Waals surface area contributed by atoms with Crippen LogP contribution in [0.5, 0.6) is 0 Å². The molecule has 1 nitrogen and oxygen atoms in total. The summed E-state index contributed by atoms with van der Waals surface area (Å²) in [7, 11) is 0. The summed E-state index contributed by atoms with van der Waals surface area (Å²) >= 11 is 0. The van der Waals surface area contributed by atoms with Crippen LogP contribution in [0.2, 0.25) is 0 Å². The lowest BCUT2D eigenvalue weighted by Crippen LogP contribution is -2.10. The van der Waals surface area contributed by atoms with E-state index in [1.54, 1.807) is 6.08 Å². The summed E-state index contributed by atoms with van der Waals surface area (Å²) in [5.41, 5.74) is 3.76. The van der Waals surface area contributed by atoms with Gasteiger partial charge in [0.1, 0.15) is 0 Å². The van der Waals surface area contributed by atoms with E-state index in [1.165, 1.54) is 5.56 Å². The smallest absolute Gasteiger partial charge is 0.0915 e. The first-order chi connectivity index (χ1) is 7.49. The molecule has 0 heterocycles. The summed E-state index contributed by atoms with van der Waals surface area (Å²) in [5, 5.41) is 8.69. The van der Waals surface area contributed by atoms with Crippen LogP contribution in [0.15, 0.2) is 30.3 Å². The Morgan fingerprint density at radius 3 is 2.19 bits per heavy atom. The minimum atomic E-state index is 0.184. The van der Waals surface area contributed by atoms with E-state index >= 15 is 0 Å². The first kappa shape index (κ1) is 12.5. The van der Waals surface area contributed by atoms with Crippen molar-refractivity contribution in [2.24, 2.45) is 0 Å². The third-order valence-electron chi connectivity index (χ3n) is 2.74. The van der Waals surface area contributed by atoms with Crippen LogP contribution >= 0.6 is 0 Å². The van der Waals surface area contributed by atoms with Crippen molar-refractivity contribution in [2.75, 3.05) is 0 Å². The van der Waals surface area contributed by atoms with Crippen LogP contribution in [0.3, 0.4) is 0 Å². The van der Waals surface area contributed by atoms with Crippen LogP contribution in [0.4, 0.5) is 0 Å². The fourth-order valence-electron chi connectivity index (χ4n) is 1.65. The molecule has 0 spiro atoms. The molecule has 1 rings (SSSR count). The van der Waals surface area contributed by atoms with Gasteiger partial charge < -0.3 is 0 Å². The van der Waals surface area contributed by atoms with Gasteiger partial charge in [-0.25, -0.2) is 0 Å². The number of hydrogen-bond acceptors (Lipinski definition) is 1. The molecule has 1 aromatic rings. The number of benzene rings is 1. The highest BCUT2D eigenvalue weighted by molar-refractivity contribution is 5.67. The summed E-state index contributed by atoms with van der Waals surface area (Å²) in [6.45, 7) is 8.68. The molecule has 1 heteroatoms. The fraction of sp³-hybridized carbons (Fsp3) is 0.400. The Kier molecular flexibility index (Phi) is 3.90. The molecule has 0 atom stereocenters. The van der Waals surface area contributed by atoms with Gasteiger partial charge in [0.25, 0.3) is 0 Å². The second-order valence-electron chi connectivity index (χ2n) is 4.98. The van der Waals surface area contributed by atoms with E-state index in [9.17, 15) is 0 Å². The molecule has 0 N–H and O–H groups in total. The van der Waals surface area contributed by atoms with E-state index in [0.717, 1.165) is 17.6 Å². The van der Waals surface area contributed by atoms with Crippen LogP contribution in [0, 0.1) is 11.3 Å². The highest BCUT2D eigenvalue weighted by Gasteiger charge is 2.13. The Labute approximate surface area is 98.4 Å². The van der Waals surface area contributed by atoms with Gasteiger partial charge in [-0.15, -0.1) is 0 Å². The predicted octanol–water partition coefficient (Wildman–Crippen LogP) is 4.30. The van der Waals surface area contributed by atoms with Gasteiger partial charge in [-0.1, -0.05) is 52.0 Å². The Balaban J connectivity index is 3.04. The number of nitriles is 1. The lowest BCUT2D eigenvalue weighted by atomic mass is 9.86. The zero-order valence-electron chi connectivity index (χ0n) is 10.5. The molecule has 0 amide bonds. The van der Waals surface area contributed by atoms with Gasteiger partial charge in [0, 0.05) is 6.08 Å². The van der Waals surface area contributed by atoms with E-state index in [-0.39, 0.29) is 5.41 Å². The molecule has 84 valence electrons. The van der Waals surface area contributed by atoms with E-state index < -0.39 is 0 Å². The molecule has 0 aliphatic rings. The van der Waals surface area contributed by atoms with E-state index in [0.29, 0.717) is 0 Å². The number of rotatable bonds is 2. The molecule has 0 aliphatic heterocycles. The SMILES string of the molecule is CC/C(=C/C#N)c1ccc(C(C)(C)C)cc1. The minimum Gasteiger partial charge on any atom is -0.193 e. The van der Waals surface area contributed by atoms with Crippen LogP contribution in [-0.4, -0.2) is 0 Å². The molecular formula is C15H19N. The first-order valence-electron chi connectivity index (χ1n) is 5.68. The first-order valence-corrected chi connectivity index (χ1v) is 5.68. The Morgan fingerprint density at radius 2 is 1.81 bits per heavy atom. The van der Waals surface area contributed by atoms with Gasteiger partial charge in [-0.05, 0) is 28.5 Å². The van der Waals surface area contributed by atoms with Crippen molar-refractivity contribution in [3.05, 3.63) is 41.5 Å². The molecule has 0 saturated carbocycles. The zero-order chi connectivity index (χ0) is 12.2. The van der Waals surface area contributed by atoms with Gasteiger partial charge in [0.05, 0.1) is 6.07 Å². The lowest BCUT2D eigenvalue weighted by Gasteiger charge is -2.19. The van der Waals surface area contributed by atoms with Crippen molar-refractivity contribution in [1.29, 1.82) is 5.26 Å². The highest BCUT2D eigenvalue weighted by atomic mass is 14.2. The van der Waals surface area contributed by atoms with Crippen molar-refractivity contribution in [1.82, 2.24) is 0 Å². The highest BCUT2D eigenvalue weighted by Crippen LogP contribution is 2.25. The van der Waals surface area contributed by atoms with Crippen molar-refractivity contribution < 1.29 is 0 Å². The molecule has 16 heavy (non-hydrogen) atoms. The average Bonchev–Trinajstić information content (AvgIpc) is 2.25. The van der Waals surface area contributed by atoms with E-state index in [4.69, 9.17) is 5.26 Å². The molecule has 0 bridgehead atoms. The molecule has 0 aliphatic carbocycles. The topological polar surface area (TPSA) is 23.8 Å². The van der Waals surface area contributed by atoms with Crippen LogP contribution in [0.25, 0.3) is 5.57 Å². The third kappa shape index (κ3) is 2.97. The van der Waals surface area contributed by atoms with Gasteiger partial charge in [0.2, 0.25) is 0 Å². The summed E-state index contributed by atoms with van der Waals surface area (Å²) in [4.78, 5) is 0. The van der Waals surface area contributed by atoms with E-state index in [2.05, 4.69) is 58.0 Å². The summed E-state index contributed by atoms with van der Waals surface area (Å²) in [6, 6.07) is 10.6. The van der Waals surface area contributed by atoms with Gasteiger partial charge in [-0.3, -0.25) is 0 Å². The van der Waals surface area contributed by atoms with Crippen molar-refractivity contribution in [3.8, 4) is 6.07 Å². The quantitative estimate of drug-likeness (QED) is 0.672. The Bertz CT molecular complexity index is 410.